The molecule has 0 saturated carbocycles. The van der Waals surface area contributed by atoms with Gasteiger partial charge in [-0.25, -0.2) is 4.79 Å². The van der Waals surface area contributed by atoms with Crippen LogP contribution in [0.15, 0.2) is 59.8 Å². The van der Waals surface area contributed by atoms with Gasteiger partial charge in [0, 0.05) is 12.5 Å². The van der Waals surface area contributed by atoms with Crippen molar-refractivity contribution in [3.63, 3.8) is 0 Å². The highest BCUT2D eigenvalue weighted by molar-refractivity contribution is 5.80. The molecular weight excluding hydrogens is 308 g/mol. The Bertz CT molecular complexity index is 573. The van der Waals surface area contributed by atoms with Crippen molar-refractivity contribution < 1.29 is 25.2 Å². The summed E-state index contributed by atoms with van der Waals surface area (Å²) in [6, 6.07) is 0. The first-order chi connectivity index (χ1) is 11.2. The Hall–Kier alpha value is -1.95. The van der Waals surface area contributed by atoms with Crippen molar-refractivity contribution in [3.05, 3.63) is 59.8 Å². The Morgan fingerprint density at radius 1 is 1.25 bits per heavy atom. The average Bonchev–Trinajstić information content (AvgIpc) is 2.90. The number of aliphatic hydroxyl groups excluding tert-OH is 2. The summed E-state index contributed by atoms with van der Waals surface area (Å²) in [6.45, 7) is 3.15. The minimum atomic E-state index is -1.03. The van der Waals surface area contributed by atoms with Crippen molar-refractivity contribution in [2.45, 2.75) is 50.9 Å². The van der Waals surface area contributed by atoms with Crippen LogP contribution in [-0.2, 0) is 4.79 Å². The van der Waals surface area contributed by atoms with Crippen molar-refractivity contribution in [3.8, 4) is 0 Å². The van der Waals surface area contributed by atoms with Crippen LogP contribution in [0.25, 0.3) is 0 Å². The minimum Gasteiger partial charge on any atom is -0.478 e. The van der Waals surface area contributed by atoms with E-state index in [0.29, 0.717) is 0 Å². The molecule has 132 valence electrons. The van der Waals surface area contributed by atoms with Gasteiger partial charge in [-0.1, -0.05) is 42.5 Å². The fourth-order valence-corrected chi connectivity index (χ4v) is 2.29. The fourth-order valence-electron chi connectivity index (χ4n) is 2.29. The topological polar surface area (TPSA) is 98.0 Å². The predicted octanol–water partition coefficient (Wildman–Crippen LogP) is 2.27. The third-order valence-electron chi connectivity index (χ3n) is 3.46. The standard InChI is InChI=1S/C19H26O5/c1-19(2,24)13-17(21)16(20)7-5-3-4-6-14-8-9-15(12-14)10-11-18(22)23/h3-7,10-12,16-17,20-21,24H,8-9,13H2,1-2H3,(H,22,23)/b4-3+,7-5+,11-10+,14-6+. The maximum Gasteiger partial charge on any atom is 0.328 e. The number of rotatable bonds is 8. The molecule has 0 aromatic carbocycles. The van der Waals surface area contributed by atoms with Crippen LogP contribution in [0.2, 0.25) is 0 Å². The lowest BCUT2D eigenvalue weighted by molar-refractivity contribution is -0.131. The van der Waals surface area contributed by atoms with Crippen LogP contribution < -0.4 is 0 Å². The molecule has 2 unspecified atom stereocenters. The van der Waals surface area contributed by atoms with Crippen molar-refractivity contribution in [2.24, 2.45) is 0 Å². The highest BCUT2D eigenvalue weighted by Crippen LogP contribution is 2.24. The molecule has 0 spiro atoms. The van der Waals surface area contributed by atoms with Crippen LogP contribution in [0.3, 0.4) is 0 Å². The molecule has 0 bridgehead atoms. The largest absolute Gasteiger partial charge is 0.478 e. The zero-order valence-corrected chi connectivity index (χ0v) is 14.1. The summed E-state index contributed by atoms with van der Waals surface area (Å²) in [4.78, 5) is 10.5. The molecule has 0 aliphatic heterocycles. The van der Waals surface area contributed by atoms with Gasteiger partial charge in [0.1, 0.15) is 0 Å². The third kappa shape index (κ3) is 8.62. The monoisotopic (exact) mass is 334 g/mol. The molecule has 5 heteroatoms. The average molecular weight is 334 g/mol. The number of carboxylic acids is 1. The molecule has 0 aromatic heterocycles. The first-order valence-corrected chi connectivity index (χ1v) is 7.91. The Morgan fingerprint density at radius 2 is 1.96 bits per heavy atom. The van der Waals surface area contributed by atoms with E-state index < -0.39 is 23.8 Å². The maximum absolute atomic E-state index is 10.5. The van der Waals surface area contributed by atoms with Gasteiger partial charge in [0.05, 0.1) is 17.8 Å². The molecule has 0 radical (unpaired) electrons. The second-order valence-corrected chi connectivity index (χ2v) is 6.48. The number of aliphatic carboxylic acids is 1. The van der Waals surface area contributed by atoms with Gasteiger partial charge in [-0.2, -0.15) is 0 Å². The summed E-state index contributed by atoms with van der Waals surface area (Å²) in [5.74, 6) is -0.955. The number of carboxylic acid groups (broad SMARTS) is 1. The van der Waals surface area contributed by atoms with Crippen LogP contribution in [0, 0.1) is 0 Å². The first-order valence-electron chi connectivity index (χ1n) is 7.91. The normalized spacial score (nSPS) is 20.4. The molecule has 5 nitrogen and oxygen atoms in total. The van der Waals surface area contributed by atoms with E-state index in [0.717, 1.165) is 30.1 Å². The van der Waals surface area contributed by atoms with Gasteiger partial charge in [0.2, 0.25) is 0 Å². The van der Waals surface area contributed by atoms with Crippen molar-refractivity contribution in [2.75, 3.05) is 0 Å². The van der Waals surface area contributed by atoms with E-state index in [-0.39, 0.29) is 6.42 Å². The van der Waals surface area contributed by atoms with E-state index in [9.17, 15) is 20.1 Å². The molecular formula is C19H26O5. The van der Waals surface area contributed by atoms with E-state index in [2.05, 4.69) is 0 Å². The predicted molar refractivity (Wildman–Crippen MR) is 93.4 cm³/mol. The summed E-state index contributed by atoms with van der Waals surface area (Å²) in [7, 11) is 0. The van der Waals surface area contributed by atoms with Gasteiger partial charge in [0.25, 0.3) is 0 Å². The van der Waals surface area contributed by atoms with Gasteiger partial charge in [-0.15, -0.1) is 0 Å². The zero-order chi connectivity index (χ0) is 18.2. The molecule has 0 saturated heterocycles. The van der Waals surface area contributed by atoms with E-state index in [1.165, 1.54) is 6.08 Å². The van der Waals surface area contributed by atoms with Crippen molar-refractivity contribution >= 4 is 5.97 Å². The second-order valence-electron chi connectivity index (χ2n) is 6.48. The molecule has 4 N–H and O–H groups in total. The molecule has 0 amide bonds. The smallest absolute Gasteiger partial charge is 0.328 e. The Balaban J connectivity index is 2.49. The highest BCUT2D eigenvalue weighted by atomic mass is 16.4. The van der Waals surface area contributed by atoms with E-state index in [1.54, 1.807) is 32.1 Å². The third-order valence-corrected chi connectivity index (χ3v) is 3.46. The van der Waals surface area contributed by atoms with Crippen molar-refractivity contribution in [1.29, 1.82) is 0 Å². The van der Waals surface area contributed by atoms with Gasteiger partial charge in [-0.05, 0) is 37.8 Å². The van der Waals surface area contributed by atoms with E-state index in [1.807, 2.05) is 18.2 Å². The Labute approximate surface area is 142 Å². The molecule has 2 atom stereocenters. The number of hydrogen-bond donors (Lipinski definition) is 4. The van der Waals surface area contributed by atoms with Crippen LogP contribution in [-0.4, -0.2) is 44.2 Å². The van der Waals surface area contributed by atoms with Gasteiger partial charge < -0.3 is 20.4 Å². The Morgan fingerprint density at radius 3 is 2.58 bits per heavy atom. The van der Waals surface area contributed by atoms with Gasteiger partial charge >= 0.3 is 5.97 Å². The fraction of sp³-hybridized carbons (Fsp3) is 0.421. The SMILES string of the molecule is CC(C)(O)CC(O)C(O)/C=C/C=C/C=C1C=C(/C=C/C(=O)O)CC/1. The molecule has 1 rings (SSSR count). The summed E-state index contributed by atoms with van der Waals surface area (Å²) in [6.07, 6.45) is 13.0. The molecule has 1 aliphatic rings. The van der Waals surface area contributed by atoms with Gasteiger partial charge in [-0.3, -0.25) is 0 Å². The highest BCUT2D eigenvalue weighted by Gasteiger charge is 2.22. The molecule has 0 fully saturated rings. The zero-order valence-electron chi connectivity index (χ0n) is 14.1. The minimum absolute atomic E-state index is 0.0870. The molecule has 1 aliphatic carbocycles. The number of carbonyl (C=O) groups is 1. The summed E-state index contributed by atoms with van der Waals surface area (Å²) >= 11 is 0. The van der Waals surface area contributed by atoms with Gasteiger partial charge in [0.15, 0.2) is 0 Å². The van der Waals surface area contributed by atoms with Crippen LogP contribution in [0.4, 0.5) is 0 Å². The lowest BCUT2D eigenvalue weighted by Crippen LogP contribution is -2.33. The van der Waals surface area contributed by atoms with Crippen LogP contribution in [0.1, 0.15) is 33.1 Å². The number of allylic oxidation sites excluding steroid dienone is 8. The van der Waals surface area contributed by atoms with Crippen molar-refractivity contribution in [1.82, 2.24) is 0 Å². The second kappa shape index (κ2) is 9.37. The molecule has 0 aromatic rings. The summed E-state index contributed by atoms with van der Waals surface area (Å²) in [5, 5.41) is 37.7. The number of hydrogen-bond acceptors (Lipinski definition) is 4. The summed E-state index contributed by atoms with van der Waals surface area (Å²) < 4.78 is 0. The first kappa shape index (κ1) is 20.1. The Kier molecular flexibility index (Phi) is 7.85. The quantitative estimate of drug-likeness (QED) is 0.403. The molecule has 0 heterocycles. The molecule has 24 heavy (non-hydrogen) atoms. The maximum atomic E-state index is 10.5. The van der Waals surface area contributed by atoms with Crippen LogP contribution in [0.5, 0.6) is 0 Å². The van der Waals surface area contributed by atoms with E-state index >= 15 is 0 Å². The van der Waals surface area contributed by atoms with E-state index in [4.69, 9.17) is 5.11 Å². The number of aliphatic hydroxyl groups is 3. The summed E-state index contributed by atoms with van der Waals surface area (Å²) in [5.41, 5.74) is 1.06. The lowest BCUT2D eigenvalue weighted by Gasteiger charge is -2.23. The lowest BCUT2D eigenvalue weighted by atomic mass is 9.97. The van der Waals surface area contributed by atoms with Crippen LogP contribution >= 0.6 is 0 Å².